The Morgan fingerprint density at radius 3 is 2.68 bits per heavy atom. The third-order valence-corrected chi connectivity index (χ3v) is 5.74. The number of halogens is 1. The van der Waals surface area contributed by atoms with Crippen molar-refractivity contribution in [2.24, 2.45) is 11.1 Å². The maximum absolute atomic E-state index is 5.97. The van der Waals surface area contributed by atoms with E-state index in [1.54, 1.807) is 0 Å². The number of likely N-dealkylation sites (N-methyl/N-ethyl adjacent to an activating group) is 1. The van der Waals surface area contributed by atoms with Gasteiger partial charge in [-0.3, -0.25) is 0 Å². The predicted molar refractivity (Wildman–Crippen MR) is 127 cm³/mol. The van der Waals surface area contributed by atoms with E-state index >= 15 is 0 Å². The number of benzene rings is 2. The van der Waals surface area contributed by atoms with Crippen LogP contribution < -0.4 is 4.74 Å². The first-order valence-electron chi connectivity index (χ1n) is 10.4. The number of hydrogen-bond donors (Lipinski definition) is 1. The molecule has 2 aliphatic carbocycles. The predicted octanol–water partition coefficient (Wildman–Crippen LogP) is 4.69. The van der Waals surface area contributed by atoms with Crippen LogP contribution in [0.4, 0.5) is 0 Å². The van der Waals surface area contributed by atoms with Crippen molar-refractivity contribution in [1.29, 1.82) is 0 Å². The molecule has 0 radical (unpaired) electrons. The summed E-state index contributed by atoms with van der Waals surface area (Å²) in [5.41, 5.74) is 6.19. The molecule has 1 saturated carbocycles. The van der Waals surface area contributed by atoms with Gasteiger partial charge in [-0.15, -0.1) is 18.8 Å². The van der Waals surface area contributed by atoms with Crippen molar-refractivity contribution < 1.29 is 9.57 Å². The van der Waals surface area contributed by atoms with E-state index < -0.39 is 0 Å². The van der Waals surface area contributed by atoms with Gasteiger partial charge in [-0.05, 0) is 45.1 Å². The molecule has 0 saturated heterocycles. The summed E-state index contributed by atoms with van der Waals surface area (Å²) in [7, 11) is 4.08. The zero-order valence-electron chi connectivity index (χ0n) is 17.7. The Morgan fingerprint density at radius 2 is 1.97 bits per heavy atom. The van der Waals surface area contributed by atoms with Crippen LogP contribution in [0.3, 0.4) is 0 Å². The summed E-state index contributed by atoms with van der Waals surface area (Å²) in [5.74, 6) is 4.02. The average Bonchev–Trinajstić information content (AvgIpc) is 3.45. The first kappa shape index (κ1) is 21.3. The first-order valence-corrected chi connectivity index (χ1v) is 10.4. The zero-order valence-corrected chi connectivity index (χ0v) is 18.5. The van der Waals surface area contributed by atoms with Gasteiger partial charge in [0.15, 0.2) is 6.10 Å². The fourth-order valence-corrected chi connectivity index (χ4v) is 3.95. The summed E-state index contributed by atoms with van der Waals surface area (Å²) in [6.07, 6.45) is 7.64. The zero-order chi connectivity index (χ0) is 20.7. The molecule has 5 nitrogen and oxygen atoms in total. The van der Waals surface area contributed by atoms with Crippen LogP contribution >= 0.6 is 12.4 Å². The van der Waals surface area contributed by atoms with E-state index in [2.05, 4.69) is 45.2 Å². The molecule has 31 heavy (non-hydrogen) atoms. The Labute approximate surface area is 188 Å². The van der Waals surface area contributed by atoms with Crippen molar-refractivity contribution in [3.8, 4) is 29.4 Å². The lowest BCUT2D eigenvalue weighted by molar-refractivity contribution is 0.0846. The maximum Gasteiger partial charge on any atom is 0.190 e. The van der Waals surface area contributed by atoms with Crippen molar-refractivity contribution in [2.45, 2.75) is 18.9 Å². The molecule has 6 heteroatoms. The smallest absolute Gasteiger partial charge is 0.190 e. The van der Waals surface area contributed by atoms with Gasteiger partial charge in [0.2, 0.25) is 0 Å². The standard InChI is InChI=1S/C25H25N3O2.ClH/c1-4-22(16-9-10-16)30-27-25-19-8-6-5-7-18(19)24-23(25)20-15-17(11-12-21(20)26-24)29-14-13-28(2)3;/h1,5-8,11-12,15-16,22,26H,9-10,13-14H2,2-3H3;1H. The molecule has 1 fully saturated rings. The van der Waals surface area contributed by atoms with Crippen LogP contribution in [0.2, 0.25) is 0 Å². The molecular formula is C25H26ClN3O2. The number of ether oxygens (including phenoxy) is 1. The van der Waals surface area contributed by atoms with Gasteiger partial charge in [0.05, 0.1) is 5.69 Å². The van der Waals surface area contributed by atoms with Gasteiger partial charge in [-0.1, -0.05) is 35.3 Å². The first-order chi connectivity index (χ1) is 14.7. The molecule has 0 bridgehead atoms. The van der Waals surface area contributed by atoms with Crippen molar-refractivity contribution in [3.63, 3.8) is 0 Å². The summed E-state index contributed by atoms with van der Waals surface area (Å²) in [5, 5.41) is 5.66. The fourth-order valence-electron chi connectivity index (χ4n) is 3.95. The van der Waals surface area contributed by atoms with Gasteiger partial charge in [0, 0.05) is 40.1 Å². The van der Waals surface area contributed by atoms with Gasteiger partial charge in [-0.25, -0.2) is 0 Å². The number of H-pyrrole nitrogens is 1. The largest absolute Gasteiger partial charge is 0.492 e. The van der Waals surface area contributed by atoms with Gasteiger partial charge in [0.25, 0.3) is 0 Å². The summed E-state index contributed by atoms with van der Waals surface area (Å²) >= 11 is 0. The molecule has 1 atom stereocenters. The molecule has 1 unspecified atom stereocenters. The minimum absolute atomic E-state index is 0. The highest BCUT2D eigenvalue weighted by atomic mass is 35.5. The summed E-state index contributed by atoms with van der Waals surface area (Å²) in [4.78, 5) is 11.5. The van der Waals surface area contributed by atoms with E-state index in [1.807, 2.05) is 32.3 Å². The lowest BCUT2D eigenvalue weighted by atomic mass is 10.1. The van der Waals surface area contributed by atoms with Crippen molar-refractivity contribution >= 4 is 29.0 Å². The number of hydrogen-bond acceptors (Lipinski definition) is 4. The van der Waals surface area contributed by atoms with Crippen LogP contribution in [0.1, 0.15) is 24.0 Å². The van der Waals surface area contributed by atoms with Crippen LogP contribution in [0.25, 0.3) is 22.2 Å². The second kappa shape index (κ2) is 8.66. The molecule has 0 amide bonds. The van der Waals surface area contributed by atoms with Gasteiger partial charge in [-0.2, -0.15) is 0 Å². The van der Waals surface area contributed by atoms with Crippen molar-refractivity contribution in [1.82, 2.24) is 9.88 Å². The number of aromatic amines is 1. The van der Waals surface area contributed by atoms with E-state index in [1.165, 1.54) is 0 Å². The number of fused-ring (bicyclic) bond motifs is 5. The summed E-state index contributed by atoms with van der Waals surface area (Å²) in [6.45, 7) is 1.50. The van der Waals surface area contributed by atoms with E-state index in [-0.39, 0.29) is 18.5 Å². The lowest BCUT2D eigenvalue weighted by Gasteiger charge is -2.11. The topological polar surface area (TPSA) is 49.9 Å². The molecule has 160 valence electrons. The molecule has 2 aromatic carbocycles. The average molecular weight is 436 g/mol. The van der Waals surface area contributed by atoms with Crippen molar-refractivity contribution in [3.05, 3.63) is 53.6 Å². The summed E-state index contributed by atoms with van der Waals surface area (Å²) in [6, 6.07) is 14.4. The summed E-state index contributed by atoms with van der Waals surface area (Å²) < 4.78 is 5.97. The number of nitrogens with zero attached hydrogens (tertiary/aromatic N) is 2. The Kier molecular flexibility index (Phi) is 5.95. The van der Waals surface area contributed by atoms with E-state index in [0.29, 0.717) is 12.5 Å². The number of nitrogens with one attached hydrogen (secondary N) is 1. The number of rotatable bonds is 7. The molecule has 0 spiro atoms. The Hall–Kier alpha value is -2.94. The van der Waals surface area contributed by atoms with Crippen LogP contribution in [0.15, 0.2) is 47.6 Å². The van der Waals surface area contributed by atoms with Gasteiger partial charge >= 0.3 is 0 Å². The Bertz CT molecular complexity index is 1170. The quantitative estimate of drug-likeness (QED) is 0.338. The van der Waals surface area contributed by atoms with Crippen LogP contribution in [0, 0.1) is 18.3 Å². The molecular weight excluding hydrogens is 410 g/mol. The third kappa shape index (κ3) is 4.01. The van der Waals surface area contributed by atoms with Gasteiger partial charge < -0.3 is 19.5 Å². The fraction of sp³-hybridized carbons (Fsp3) is 0.320. The molecule has 5 rings (SSSR count). The van der Waals surface area contributed by atoms with Crippen LogP contribution in [-0.4, -0.2) is 48.9 Å². The molecule has 1 N–H and O–H groups in total. The molecule has 1 heterocycles. The number of oxime groups is 1. The van der Waals surface area contributed by atoms with Crippen LogP contribution in [-0.2, 0) is 4.84 Å². The minimum Gasteiger partial charge on any atom is -0.492 e. The Balaban J connectivity index is 0.00000231. The number of terminal acetylenes is 1. The highest BCUT2D eigenvalue weighted by Gasteiger charge is 2.34. The van der Waals surface area contributed by atoms with Crippen molar-refractivity contribution in [2.75, 3.05) is 27.2 Å². The van der Waals surface area contributed by atoms with E-state index in [9.17, 15) is 0 Å². The number of aromatic nitrogens is 1. The normalized spacial score (nSPS) is 16.5. The molecule has 3 aromatic rings. The monoisotopic (exact) mass is 435 g/mol. The van der Waals surface area contributed by atoms with E-state index in [0.717, 1.165) is 64.1 Å². The minimum atomic E-state index is -0.260. The second-order valence-corrected chi connectivity index (χ2v) is 8.25. The lowest BCUT2D eigenvalue weighted by Crippen LogP contribution is -2.19. The van der Waals surface area contributed by atoms with Gasteiger partial charge in [0.1, 0.15) is 18.1 Å². The Morgan fingerprint density at radius 1 is 1.19 bits per heavy atom. The second-order valence-electron chi connectivity index (χ2n) is 8.25. The molecule has 2 aliphatic rings. The van der Waals surface area contributed by atoms with E-state index in [4.69, 9.17) is 16.0 Å². The SMILES string of the molecule is C#CC(ON=C1c2ccccc2-c2[nH]c3ccc(OCCN(C)C)cc3c21)C1CC1.Cl. The van der Waals surface area contributed by atoms with Crippen LogP contribution in [0.5, 0.6) is 5.75 Å². The molecule has 1 aromatic heterocycles. The molecule has 0 aliphatic heterocycles. The third-order valence-electron chi connectivity index (χ3n) is 5.74. The highest BCUT2D eigenvalue weighted by Crippen LogP contribution is 2.42. The highest BCUT2D eigenvalue weighted by molar-refractivity contribution is 6.29. The maximum atomic E-state index is 5.97.